The molecule has 1 saturated heterocycles. The van der Waals surface area contributed by atoms with E-state index in [-0.39, 0.29) is 24.4 Å². The Labute approximate surface area is 191 Å². The number of allylic oxidation sites excluding steroid dienone is 2. The van der Waals surface area contributed by atoms with Gasteiger partial charge in [0.05, 0.1) is 50.8 Å². The van der Waals surface area contributed by atoms with Crippen molar-refractivity contribution in [2.24, 2.45) is 11.8 Å². The van der Waals surface area contributed by atoms with Crippen LogP contribution in [0.15, 0.2) is 25.3 Å². The average Bonchev–Trinajstić information content (AvgIpc) is 2.78. The van der Waals surface area contributed by atoms with Crippen LogP contribution in [0.4, 0.5) is 0 Å². The van der Waals surface area contributed by atoms with Crippen molar-refractivity contribution >= 4 is 23.5 Å². The molecule has 1 aliphatic heterocycles. The van der Waals surface area contributed by atoms with E-state index in [1.165, 1.54) is 0 Å². The standard InChI is InChI=1S/C24H40O4S2/c1-3-19-5-7-21-23(17-19)27-11-15-30-16-12-28-24-18-20(4-2)6-8-22(24)26-10-14-29-13-9-25-21/h3-4,19-24H,1-2,5-18H2. The number of thioether (sulfide) groups is 2. The van der Waals surface area contributed by atoms with Crippen molar-refractivity contribution in [1.82, 2.24) is 0 Å². The fraction of sp³-hybridized carbons (Fsp3) is 0.833. The Balaban J connectivity index is 1.48. The van der Waals surface area contributed by atoms with Crippen LogP contribution in [0.5, 0.6) is 0 Å². The predicted octanol–water partition coefficient (Wildman–Crippen LogP) is 4.98. The van der Waals surface area contributed by atoms with Gasteiger partial charge in [-0.25, -0.2) is 0 Å². The maximum atomic E-state index is 6.27. The second-order valence-electron chi connectivity index (χ2n) is 8.48. The molecule has 2 aliphatic carbocycles. The zero-order valence-corrected chi connectivity index (χ0v) is 20.0. The first kappa shape index (κ1) is 24.7. The van der Waals surface area contributed by atoms with Gasteiger partial charge in [0.15, 0.2) is 0 Å². The third kappa shape index (κ3) is 8.18. The van der Waals surface area contributed by atoms with E-state index in [1.807, 2.05) is 23.5 Å². The Morgan fingerprint density at radius 3 is 1.27 bits per heavy atom. The van der Waals surface area contributed by atoms with Crippen molar-refractivity contribution in [3.8, 4) is 0 Å². The minimum absolute atomic E-state index is 0.199. The first-order valence-corrected chi connectivity index (χ1v) is 14.0. The molecule has 2 saturated carbocycles. The van der Waals surface area contributed by atoms with Gasteiger partial charge in [-0.1, -0.05) is 12.2 Å². The Kier molecular flexibility index (Phi) is 11.7. The summed E-state index contributed by atoms with van der Waals surface area (Å²) in [6.45, 7) is 11.1. The Bertz CT molecular complexity index is 462. The van der Waals surface area contributed by atoms with E-state index in [2.05, 4.69) is 25.3 Å². The molecule has 1 heterocycles. The van der Waals surface area contributed by atoms with Gasteiger partial charge in [-0.05, 0) is 50.4 Å². The van der Waals surface area contributed by atoms with E-state index in [0.29, 0.717) is 11.8 Å². The molecular weight excluding hydrogens is 416 g/mol. The van der Waals surface area contributed by atoms with Crippen molar-refractivity contribution < 1.29 is 18.9 Å². The molecule has 0 N–H and O–H groups in total. The van der Waals surface area contributed by atoms with E-state index < -0.39 is 0 Å². The molecule has 4 nitrogen and oxygen atoms in total. The molecule has 0 amide bonds. The lowest BCUT2D eigenvalue weighted by Crippen LogP contribution is -2.39. The zero-order valence-electron chi connectivity index (χ0n) is 18.4. The molecule has 172 valence electrons. The molecule has 0 radical (unpaired) electrons. The first-order valence-electron chi connectivity index (χ1n) is 11.7. The molecule has 6 atom stereocenters. The molecule has 0 aromatic carbocycles. The van der Waals surface area contributed by atoms with Crippen LogP contribution in [0.3, 0.4) is 0 Å². The quantitative estimate of drug-likeness (QED) is 0.546. The lowest BCUT2D eigenvalue weighted by molar-refractivity contribution is -0.0929. The normalized spacial score (nSPS) is 38.3. The summed E-state index contributed by atoms with van der Waals surface area (Å²) in [5.74, 6) is 5.14. The topological polar surface area (TPSA) is 36.9 Å². The molecule has 0 spiro atoms. The third-order valence-electron chi connectivity index (χ3n) is 6.45. The van der Waals surface area contributed by atoms with Crippen LogP contribution in [0, 0.1) is 11.8 Å². The molecule has 3 rings (SSSR count). The highest BCUT2D eigenvalue weighted by molar-refractivity contribution is 7.99. The molecule has 3 fully saturated rings. The Morgan fingerprint density at radius 1 is 0.533 bits per heavy atom. The minimum atomic E-state index is 0.199. The van der Waals surface area contributed by atoms with Crippen molar-refractivity contribution in [1.29, 1.82) is 0 Å². The summed E-state index contributed by atoms with van der Waals surface area (Å²) < 4.78 is 25.0. The van der Waals surface area contributed by atoms with Gasteiger partial charge < -0.3 is 18.9 Å². The third-order valence-corrected chi connectivity index (χ3v) is 8.27. The number of hydrogen-bond acceptors (Lipinski definition) is 6. The maximum absolute atomic E-state index is 6.27. The van der Waals surface area contributed by atoms with Gasteiger partial charge in [-0.15, -0.1) is 13.2 Å². The van der Waals surface area contributed by atoms with E-state index in [4.69, 9.17) is 18.9 Å². The summed E-state index contributed by atoms with van der Waals surface area (Å²) in [5.41, 5.74) is 0. The summed E-state index contributed by atoms with van der Waals surface area (Å²) in [6.07, 6.45) is 11.6. The van der Waals surface area contributed by atoms with Crippen molar-refractivity contribution in [2.45, 2.75) is 62.9 Å². The lowest BCUT2D eigenvalue weighted by atomic mass is 9.85. The fourth-order valence-electron chi connectivity index (χ4n) is 4.66. The zero-order chi connectivity index (χ0) is 21.0. The molecule has 3 aliphatic rings. The highest BCUT2D eigenvalue weighted by Gasteiger charge is 2.32. The molecule has 6 unspecified atom stereocenters. The second kappa shape index (κ2) is 14.2. The largest absolute Gasteiger partial charge is 0.375 e. The van der Waals surface area contributed by atoms with Crippen molar-refractivity contribution in [3.05, 3.63) is 25.3 Å². The van der Waals surface area contributed by atoms with E-state index in [1.54, 1.807) is 0 Å². The van der Waals surface area contributed by atoms with Crippen LogP contribution >= 0.6 is 23.5 Å². The van der Waals surface area contributed by atoms with Gasteiger partial charge in [-0.3, -0.25) is 0 Å². The first-order chi connectivity index (χ1) is 14.8. The molecule has 0 bridgehead atoms. The van der Waals surface area contributed by atoms with Gasteiger partial charge in [0.25, 0.3) is 0 Å². The van der Waals surface area contributed by atoms with E-state index in [0.717, 1.165) is 88.0 Å². The van der Waals surface area contributed by atoms with Crippen molar-refractivity contribution in [3.63, 3.8) is 0 Å². The predicted molar refractivity (Wildman–Crippen MR) is 129 cm³/mol. The molecule has 0 aromatic rings. The van der Waals surface area contributed by atoms with Crippen LogP contribution in [0.25, 0.3) is 0 Å². The van der Waals surface area contributed by atoms with Gasteiger partial charge >= 0.3 is 0 Å². The Hall–Kier alpha value is 0.0200. The smallest absolute Gasteiger partial charge is 0.0842 e. The summed E-state index contributed by atoms with van der Waals surface area (Å²) in [6, 6.07) is 0. The maximum Gasteiger partial charge on any atom is 0.0842 e. The molecule has 0 aromatic heterocycles. The number of ether oxygens (including phenoxy) is 4. The van der Waals surface area contributed by atoms with Crippen LogP contribution in [0.2, 0.25) is 0 Å². The summed E-state index contributed by atoms with van der Waals surface area (Å²) in [7, 11) is 0. The van der Waals surface area contributed by atoms with Crippen LogP contribution in [-0.2, 0) is 18.9 Å². The van der Waals surface area contributed by atoms with Crippen LogP contribution in [-0.4, -0.2) is 73.9 Å². The highest BCUT2D eigenvalue weighted by Crippen LogP contribution is 2.31. The monoisotopic (exact) mass is 456 g/mol. The van der Waals surface area contributed by atoms with Crippen LogP contribution < -0.4 is 0 Å². The summed E-state index contributed by atoms with van der Waals surface area (Å²) in [5, 5.41) is 0. The Morgan fingerprint density at radius 2 is 0.900 bits per heavy atom. The number of hydrogen-bond donors (Lipinski definition) is 0. The molecule has 6 heteroatoms. The van der Waals surface area contributed by atoms with Crippen molar-refractivity contribution in [2.75, 3.05) is 49.4 Å². The fourth-order valence-corrected chi connectivity index (χ4v) is 5.93. The van der Waals surface area contributed by atoms with E-state index >= 15 is 0 Å². The summed E-state index contributed by atoms with van der Waals surface area (Å²) in [4.78, 5) is 0. The van der Waals surface area contributed by atoms with Gasteiger partial charge in [0.1, 0.15) is 0 Å². The number of fused-ring (bicyclic) bond motifs is 2. The SMILES string of the molecule is C=CC1CCC2OCCSCCOC3CCC(C=C)CC3OCCSCCOC2C1. The van der Waals surface area contributed by atoms with Gasteiger partial charge in [-0.2, -0.15) is 23.5 Å². The van der Waals surface area contributed by atoms with Gasteiger partial charge in [0, 0.05) is 23.0 Å². The highest BCUT2D eigenvalue weighted by atomic mass is 32.2. The van der Waals surface area contributed by atoms with Crippen LogP contribution in [0.1, 0.15) is 38.5 Å². The van der Waals surface area contributed by atoms with Gasteiger partial charge in [0.2, 0.25) is 0 Å². The summed E-state index contributed by atoms with van der Waals surface area (Å²) >= 11 is 3.83. The lowest BCUT2D eigenvalue weighted by Gasteiger charge is -2.35. The van der Waals surface area contributed by atoms with E-state index in [9.17, 15) is 0 Å². The second-order valence-corrected chi connectivity index (χ2v) is 10.9. The minimum Gasteiger partial charge on any atom is -0.375 e. The average molecular weight is 457 g/mol. The number of rotatable bonds is 2. The molecule has 30 heavy (non-hydrogen) atoms. The molecular formula is C24H40O4S2.